The number of aromatic nitrogens is 2. The number of nitrogens with one attached hydrogen (secondary N) is 4. The second kappa shape index (κ2) is 8.87. The van der Waals surface area contributed by atoms with Crippen molar-refractivity contribution >= 4 is 38.6 Å². The summed E-state index contributed by atoms with van der Waals surface area (Å²) in [6.45, 7) is 1.69. The van der Waals surface area contributed by atoms with Crippen LogP contribution in [-0.4, -0.2) is 54.7 Å². The predicted octanol–water partition coefficient (Wildman–Crippen LogP) is 1.40. The first kappa shape index (κ1) is 21.6. The number of hydrogen-bond donors (Lipinski definition) is 4. The van der Waals surface area contributed by atoms with Crippen molar-refractivity contribution in [2.24, 2.45) is 0 Å². The first-order valence-electron chi connectivity index (χ1n) is 10.2. The van der Waals surface area contributed by atoms with Gasteiger partial charge in [-0.15, -0.1) is 0 Å². The molecule has 3 aromatic rings. The molecule has 2 aromatic carbocycles. The summed E-state index contributed by atoms with van der Waals surface area (Å²) in [5.41, 5.74) is 0.746. The van der Waals surface area contributed by atoms with Gasteiger partial charge in [0.15, 0.2) is 0 Å². The third kappa shape index (κ3) is 4.67. The van der Waals surface area contributed by atoms with Crippen LogP contribution >= 0.6 is 0 Å². The van der Waals surface area contributed by atoms with Gasteiger partial charge in [-0.25, -0.2) is 13.2 Å². The van der Waals surface area contributed by atoms with Crippen LogP contribution in [0.15, 0.2) is 52.2 Å². The smallest absolute Gasteiger partial charge is 0.323 e. The normalized spacial score (nSPS) is 14.1. The van der Waals surface area contributed by atoms with Crippen LogP contribution in [0.4, 0.5) is 5.69 Å². The molecule has 0 radical (unpaired) electrons. The molecule has 4 N–H and O–H groups in total. The Hall–Kier alpha value is -3.60. The summed E-state index contributed by atoms with van der Waals surface area (Å²) in [7, 11) is -4.00. The van der Waals surface area contributed by atoms with Crippen LogP contribution in [-0.2, 0) is 14.8 Å². The van der Waals surface area contributed by atoms with E-state index < -0.39 is 21.6 Å². The van der Waals surface area contributed by atoms with Gasteiger partial charge in [0, 0.05) is 26.1 Å². The Morgan fingerprint density at radius 2 is 1.84 bits per heavy atom. The zero-order chi connectivity index (χ0) is 22.7. The fraction of sp³-hybridized carbons (Fsp3) is 0.286. The number of rotatable bonds is 8. The van der Waals surface area contributed by atoms with E-state index in [0.717, 1.165) is 13.0 Å². The molecule has 2 heterocycles. The van der Waals surface area contributed by atoms with E-state index in [-0.39, 0.29) is 22.1 Å². The number of anilines is 1. The molecule has 1 aliphatic rings. The fourth-order valence-electron chi connectivity index (χ4n) is 3.66. The van der Waals surface area contributed by atoms with Crippen LogP contribution in [0.3, 0.4) is 0 Å². The lowest BCUT2D eigenvalue weighted by Crippen LogP contribution is -2.31. The van der Waals surface area contributed by atoms with Gasteiger partial charge in [-0.05, 0) is 43.2 Å². The van der Waals surface area contributed by atoms with Gasteiger partial charge in [0.2, 0.25) is 5.91 Å². The average Bonchev–Trinajstić information content (AvgIpc) is 3.34. The number of amides is 2. The Morgan fingerprint density at radius 3 is 2.62 bits per heavy atom. The van der Waals surface area contributed by atoms with Crippen molar-refractivity contribution in [1.29, 1.82) is 0 Å². The number of carbonyl (C=O) groups excluding carboxylic acids is 2. The molecule has 1 saturated heterocycles. The summed E-state index contributed by atoms with van der Waals surface area (Å²) in [5, 5.41) is 2.78. The van der Waals surface area contributed by atoms with Crippen molar-refractivity contribution in [1.82, 2.24) is 20.2 Å². The minimum atomic E-state index is -4.00. The molecule has 168 valence electrons. The zero-order valence-corrected chi connectivity index (χ0v) is 18.0. The van der Waals surface area contributed by atoms with Crippen LogP contribution in [0.25, 0.3) is 11.0 Å². The van der Waals surface area contributed by atoms with E-state index >= 15 is 0 Å². The van der Waals surface area contributed by atoms with Gasteiger partial charge in [0.25, 0.3) is 15.9 Å². The van der Waals surface area contributed by atoms with Crippen LogP contribution in [0.5, 0.6) is 0 Å². The Labute approximate surface area is 184 Å². The molecule has 10 nitrogen and oxygen atoms in total. The first-order chi connectivity index (χ1) is 15.3. The highest BCUT2D eigenvalue weighted by molar-refractivity contribution is 7.92. The number of sulfonamides is 1. The first-order valence-corrected chi connectivity index (χ1v) is 11.7. The number of fused-ring (bicyclic) bond motifs is 1. The number of nitrogens with zero attached hydrogens (tertiary/aromatic N) is 1. The van der Waals surface area contributed by atoms with E-state index in [9.17, 15) is 22.8 Å². The van der Waals surface area contributed by atoms with E-state index in [1.165, 1.54) is 30.3 Å². The summed E-state index contributed by atoms with van der Waals surface area (Å²) in [4.78, 5) is 42.5. The summed E-state index contributed by atoms with van der Waals surface area (Å²) in [5.74, 6) is -0.278. The highest BCUT2D eigenvalue weighted by atomic mass is 32.2. The monoisotopic (exact) mass is 457 g/mol. The number of likely N-dealkylation sites (tertiary alicyclic amines) is 1. The topological polar surface area (TPSA) is 144 Å². The van der Waals surface area contributed by atoms with E-state index in [1.807, 2.05) is 0 Å². The fourth-order valence-corrected chi connectivity index (χ4v) is 4.77. The third-order valence-corrected chi connectivity index (χ3v) is 6.64. The summed E-state index contributed by atoms with van der Waals surface area (Å²) in [6.07, 6.45) is 2.05. The lowest BCUT2D eigenvalue weighted by Gasteiger charge is -2.16. The summed E-state index contributed by atoms with van der Waals surface area (Å²) in [6, 6.07) is 10.5. The van der Waals surface area contributed by atoms with E-state index in [4.69, 9.17) is 0 Å². The standard InChI is InChI=1S/C21H23N5O5S/c27-19-7-3-11-26(19)12-4-10-22-20(28)15-5-1-2-6-16(15)25-32(30,31)14-8-9-17-18(13-14)24-21(29)23-17/h1-2,5-6,8-9,13,25H,3-4,7,10-12H2,(H,22,28)(H2,23,24,29). The molecule has 1 fully saturated rings. The van der Waals surface area contributed by atoms with Crippen molar-refractivity contribution in [2.45, 2.75) is 24.2 Å². The Kier molecular flexibility index (Phi) is 5.99. The lowest BCUT2D eigenvalue weighted by molar-refractivity contribution is -0.127. The van der Waals surface area contributed by atoms with Gasteiger partial charge in [-0.1, -0.05) is 12.1 Å². The third-order valence-electron chi connectivity index (χ3n) is 5.28. The van der Waals surface area contributed by atoms with Crippen LogP contribution in [0.1, 0.15) is 29.6 Å². The highest BCUT2D eigenvalue weighted by Gasteiger charge is 2.21. The number of aromatic amines is 2. The van der Waals surface area contributed by atoms with Crippen molar-refractivity contribution in [2.75, 3.05) is 24.4 Å². The van der Waals surface area contributed by atoms with Gasteiger partial charge in [0.05, 0.1) is 27.2 Å². The second-order valence-corrected chi connectivity index (χ2v) is 9.21. The van der Waals surface area contributed by atoms with Crippen LogP contribution in [0, 0.1) is 0 Å². The van der Waals surface area contributed by atoms with Gasteiger partial charge in [-0.2, -0.15) is 0 Å². The van der Waals surface area contributed by atoms with Crippen molar-refractivity contribution in [3.63, 3.8) is 0 Å². The van der Waals surface area contributed by atoms with E-state index in [2.05, 4.69) is 20.0 Å². The molecular formula is C21H23N5O5S. The number of hydrogen-bond acceptors (Lipinski definition) is 5. The quantitative estimate of drug-likeness (QED) is 0.378. The summed E-state index contributed by atoms with van der Waals surface area (Å²) >= 11 is 0. The van der Waals surface area contributed by atoms with Crippen LogP contribution in [0.2, 0.25) is 0 Å². The van der Waals surface area contributed by atoms with Crippen molar-refractivity contribution in [3.8, 4) is 0 Å². The molecule has 0 saturated carbocycles. The number of H-pyrrole nitrogens is 2. The molecule has 32 heavy (non-hydrogen) atoms. The maximum absolute atomic E-state index is 12.9. The van der Waals surface area contributed by atoms with Gasteiger partial charge >= 0.3 is 5.69 Å². The molecule has 0 bridgehead atoms. The molecule has 11 heteroatoms. The molecule has 4 rings (SSSR count). The molecule has 0 aliphatic carbocycles. The zero-order valence-electron chi connectivity index (χ0n) is 17.2. The number of benzene rings is 2. The van der Waals surface area contributed by atoms with Crippen molar-refractivity contribution in [3.05, 3.63) is 58.5 Å². The molecule has 2 amide bonds. The molecular weight excluding hydrogens is 434 g/mol. The minimum Gasteiger partial charge on any atom is -0.352 e. The molecule has 0 atom stereocenters. The Balaban J connectivity index is 1.44. The van der Waals surface area contributed by atoms with Gasteiger partial charge < -0.3 is 20.2 Å². The highest BCUT2D eigenvalue weighted by Crippen LogP contribution is 2.22. The largest absolute Gasteiger partial charge is 0.352 e. The minimum absolute atomic E-state index is 0.0502. The average molecular weight is 458 g/mol. The van der Waals surface area contributed by atoms with Crippen LogP contribution < -0.4 is 15.7 Å². The van der Waals surface area contributed by atoms with Gasteiger partial charge in [0.1, 0.15) is 0 Å². The molecule has 1 aromatic heterocycles. The lowest BCUT2D eigenvalue weighted by atomic mass is 10.1. The maximum atomic E-state index is 12.9. The maximum Gasteiger partial charge on any atom is 0.323 e. The predicted molar refractivity (Wildman–Crippen MR) is 119 cm³/mol. The Morgan fingerprint density at radius 1 is 1.06 bits per heavy atom. The van der Waals surface area contributed by atoms with Crippen molar-refractivity contribution < 1.29 is 18.0 Å². The molecule has 0 spiro atoms. The second-order valence-electron chi connectivity index (χ2n) is 7.53. The Bertz CT molecular complexity index is 1330. The number of imidazole rings is 1. The van der Waals surface area contributed by atoms with Gasteiger partial charge in [-0.3, -0.25) is 14.3 Å². The number of carbonyl (C=O) groups is 2. The van der Waals surface area contributed by atoms with E-state index in [0.29, 0.717) is 37.0 Å². The molecule has 1 aliphatic heterocycles. The summed E-state index contributed by atoms with van der Waals surface area (Å²) < 4.78 is 28.2. The van der Waals surface area contributed by atoms with E-state index in [1.54, 1.807) is 17.0 Å². The SMILES string of the molecule is O=C(NCCCN1CCCC1=O)c1ccccc1NS(=O)(=O)c1ccc2[nH]c(=O)[nH]c2c1. The molecule has 0 unspecified atom stereocenters. The number of para-hydroxylation sites is 1.